The van der Waals surface area contributed by atoms with E-state index in [2.05, 4.69) is 10.3 Å². The Balaban J connectivity index is 1.42. The van der Waals surface area contributed by atoms with Crippen molar-refractivity contribution in [2.45, 2.75) is 25.6 Å². The highest BCUT2D eigenvalue weighted by Crippen LogP contribution is 2.18. The first-order chi connectivity index (χ1) is 16.0. The lowest BCUT2D eigenvalue weighted by Crippen LogP contribution is -2.28. The van der Waals surface area contributed by atoms with Crippen LogP contribution in [0, 0.1) is 5.82 Å². The molecule has 3 aromatic carbocycles. The standard InChI is InChI=1S/C25H23ClFN3O3/c26-18-7-5-17(6-8-18)14-28-25(32)13-24-29-22-3-1-2-4-23(22)30(24)15-20(31)16-33-21-11-9-19(27)10-12-21/h1-12,20,31H,13-16H2,(H,28,32). The van der Waals surface area contributed by atoms with Gasteiger partial charge in [-0.1, -0.05) is 35.9 Å². The largest absolute Gasteiger partial charge is 0.491 e. The Bertz CT molecular complexity index is 1230. The van der Waals surface area contributed by atoms with Gasteiger partial charge in [-0.2, -0.15) is 0 Å². The molecule has 33 heavy (non-hydrogen) atoms. The van der Waals surface area contributed by atoms with E-state index in [0.717, 1.165) is 16.6 Å². The summed E-state index contributed by atoms with van der Waals surface area (Å²) in [4.78, 5) is 17.2. The predicted octanol–water partition coefficient (Wildman–Crippen LogP) is 4.13. The van der Waals surface area contributed by atoms with E-state index >= 15 is 0 Å². The molecule has 4 rings (SSSR count). The number of nitrogens with zero attached hydrogens (tertiary/aromatic N) is 2. The smallest absolute Gasteiger partial charge is 0.227 e. The topological polar surface area (TPSA) is 76.4 Å². The van der Waals surface area contributed by atoms with E-state index in [1.807, 2.05) is 41.0 Å². The number of amides is 1. The van der Waals surface area contributed by atoms with Crippen molar-refractivity contribution < 1.29 is 19.0 Å². The van der Waals surface area contributed by atoms with Crippen molar-refractivity contribution in [2.24, 2.45) is 0 Å². The first-order valence-corrected chi connectivity index (χ1v) is 10.9. The van der Waals surface area contributed by atoms with Crippen molar-refractivity contribution in [1.29, 1.82) is 0 Å². The Morgan fingerprint density at radius 3 is 2.58 bits per heavy atom. The summed E-state index contributed by atoms with van der Waals surface area (Å²) in [6.45, 7) is 0.589. The van der Waals surface area contributed by atoms with E-state index in [9.17, 15) is 14.3 Å². The summed E-state index contributed by atoms with van der Waals surface area (Å²) in [7, 11) is 0. The second kappa shape index (κ2) is 10.5. The summed E-state index contributed by atoms with van der Waals surface area (Å²) in [6, 6.07) is 20.4. The van der Waals surface area contributed by atoms with E-state index in [4.69, 9.17) is 16.3 Å². The molecule has 1 heterocycles. The van der Waals surface area contributed by atoms with Crippen molar-refractivity contribution in [1.82, 2.24) is 14.9 Å². The van der Waals surface area contributed by atoms with Crippen LogP contribution in [-0.4, -0.2) is 33.3 Å². The third kappa shape index (κ3) is 6.09. The van der Waals surface area contributed by atoms with Gasteiger partial charge in [-0.3, -0.25) is 4.79 Å². The van der Waals surface area contributed by atoms with E-state index in [1.165, 1.54) is 24.3 Å². The molecule has 2 N–H and O–H groups in total. The Hall–Kier alpha value is -3.42. The maximum absolute atomic E-state index is 13.0. The number of aliphatic hydroxyl groups is 1. The van der Waals surface area contributed by atoms with Gasteiger partial charge in [0.05, 0.1) is 24.0 Å². The van der Waals surface area contributed by atoms with Crippen molar-refractivity contribution in [3.05, 3.63) is 95.0 Å². The molecule has 0 bridgehead atoms. The van der Waals surface area contributed by atoms with Crippen molar-refractivity contribution in [3.8, 4) is 5.75 Å². The number of hydrogen-bond donors (Lipinski definition) is 2. The third-order valence-corrected chi connectivity index (χ3v) is 5.36. The first-order valence-electron chi connectivity index (χ1n) is 10.5. The molecule has 1 unspecified atom stereocenters. The van der Waals surface area contributed by atoms with Crippen molar-refractivity contribution in [2.75, 3.05) is 6.61 Å². The zero-order valence-corrected chi connectivity index (χ0v) is 18.5. The van der Waals surface area contributed by atoms with Crippen LogP contribution in [-0.2, 0) is 24.3 Å². The van der Waals surface area contributed by atoms with Gasteiger partial charge in [0.1, 0.15) is 30.1 Å². The van der Waals surface area contributed by atoms with Crippen molar-refractivity contribution >= 4 is 28.5 Å². The molecule has 4 aromatic rings. The molecule has 1 aromatic heterocycles. The highest BCUT2D eigenvalue weighted by molar-refractivity contribution is 6.30. The van der Waals surface area contributed by atoms with Crippen LogP contribution >= 0.6 is 11.6 Å². The molecule has 0 aliphatic carbocycles. The molecule has 170 valence electrons. The monoisotopic (exact) mass is 467 g/mol. The number of benzene rings is 3. The van der Waals surface area contributed by atoms with Crippen LogP contribution in [0.2, 0.25) is 5.02 Å². The zero-order chi connectivity index (χ0) is 23.2. The number of halogens is 2. The first kappa shape index (κ1) is 22.8. The Morgan fingerprint density at radius 1 is 1.09 bits per heavy atom. The summed E-state index contributed by atoms with van der Waals surface area (Å²) < 4.78 is 20.4. The minimum absolute atomic E-state index is 0.0142. The molecule has 0 saturated carbocycles. The molecule has 0 fully saturated rings. The third-order valence-electron chi connectivity index (χ3n) is 5.10. The van der Waals surface area contributed by atoms with Crippen LogP contribution in [0.3, 0.4) is 0 Å². The quantitative estimate of drug-likeness (QED) is 0.388. The minimum atomic E-state index is -0.858. The molecule has 0 saturated heterocycles. The average Bonchev–Trinajstić information content (AvgIpc) is 3.15. The van der Waals surface area contributed by atoms with Crippen LogP contribution < -0.4 is 10.1 Å². The molecule has 6 nitrogen and oxygen atoms in total. The van der Waals surface area contributed by atoms with Crippen molar-refractivity contribution in [3.63, 3.8) is 0 Å². The number of carbonyl (C=O) groups is 1. The molecule has 0 radical (unpaired) electrons. The van der Waals surface area contributed by atoms with Gasteiger partial charge in [0.2, 0.25) is 5.91 Å². The Kier molecular flexibility index (Phi) is 7.22. The van der Waals surface area contributed by atoms with E-state index in [0.29, 0.717) is 23.1 Å². The number of imidazole rings is 1. The van der Waals surface area contributed by atoms with Crippen LogP contribution in [0.25, 0.3) is 11.0 Å². The highest BCUT2D eigenvalue weighted by Gasteiger charge is 2.17. The number of fused-ring (bicyclic) bond motifs is 1. The average molecular weight is 468 g/mol. The summed E-state index contributed by atoms with van der Waals surface area (Å²) >= 11 is 5.90. The highest BCUT2D eigenvalue weighted by atomic mass is 35.5. The normalized spacial score (nSPS) is 12.0. The molecule has 0 aliphatic rings. The number of aromatic nitrogens is 2. The summed E-state index contributed by atoms with van der Waals surface area (Å²) in [5, 5.41) is 14.1. The van der Waals surface area contributed by atoms with Gasteiger partial charge in [0.15, 0.2) is 0 Å². The summed E-state index contributed by atoms with van der Waals surface area (Å²) in [5.74, 6) is 0.476. The fourth-order valence-electron chi connectivity index (χ4n) is 3.46. The number of carbonyl (C=O) groups excluding carboxylic acids is 1. The minimum Gasteiger partial charge on any atom is -0.491 e. The fraction of sp³-hybridized carbons (Fsp3) is 0.200. The van der Waals surface area contributed by atoms with Gasteiger partial charge < -0.3 is 19.7 Å². The lowest BCUT2D eigenvalue weighted by atomic mass is 10.2. The fourth-order valence-corrected chi connectivity index (χ4v) is 3.59. The van der Waals surface area contributed by atoms with E-state index < -0.39 is 6.10 Å². The summed E-state index contributed by atoms with van der Waals surface area (Å²) in [6.07, 6.45) is -0.795. The lowest BCUT2D eigenvalue weighted by Gasteiger charge is -2.16. The molecular weight excluding hydrogens is 445 g/mol. The number of para-hydroxylation sites is 2. The molecular formula is C25H23ClFN3O3. The van der Waals surface area contributed by atoms with Gasteiger partial charge in [-0.05, 0) is 54.1 Å². The molecule has 0 aliphatic heterocycles. The van der Waals surface area contributed by atoms with E-state index in [-0.39, 0.29) is 31.3 Å². The lowest BCUT2D eigenvalue weighted by molar-refractivity contribution is -0.120. The van der Waals surface area contributed by atoms with Gasteiger partial charge in [-0.15, -0.1) is 0 Å². The number of ether oxygens (including phenoxy) is 1. The van der Waals surface area contributed by atoms with Gasteiger partial charge in [-0.25, -0.2) is 9.37 Å². The molecule has 8 heteroatoms. The van der Waals surface area contributed by atoms with Gasteiger partial charge in [0.25, 0.3) is 0 Å². The summed E-state index contributed by atoms with van der Waals surface area (Å²) in [5.41, 5.74) is 2.50. The Labute approximate surface area is 195 Å². The zero-order valence-electron chi connectivity index (χ0n) is 17.7. The second-order valence-electron chi connectivity index (χ2n) is 7.63. The maximum atomic E-state index is 13.0. The number of rotatable bonds is 9. The second-order valence-corrected chi connectivity index (χ2v) is 8.06. The predicted molar refractivity (Wildman–Crippen MR) is 125 cm³/mol. The SMILES string of the molecule is O=C(Cc1nc2ccccc2n1CC(O)COc1ccc(F)cc1)NCc1ccc(Cl)cc1. The van der Waals surface area contributed by atoms with Crippen LogP contribution in [0.5, 0.6) is 5.75 Å². The molecule has 1 atom stereocenters. The maximum Gasteiger partial charge on any atom is 0.227 e. The Morgan fingerprint density at radius 2 is 1.82 bits per heavy atom. The van der Waals surface area contributed by atoms with Gasteiger partial charge >= 0.3 is 0 Å². The van der Waals surface area contributed by atoms with E-state index in [1.54, 1.807) is 12.1 Å². The molecule has 1 amide bonds. The number of hydrogen-bond acceptors (Lipinski definition) is 4. The van der Waals surface area contributed by atoms with Crippen LogP contribution in [0.1, 0.15) is 11.4 Å². The van der Waals surface area contributed by atoms with Gasteiger partial charge in [0, 0.05) is 11.6 Å². The molecule has 0 spiro atoms. The van der Waals surface area contributed by atoms with Crippen LogP contribution in [0.4, 0.5) is 4.39 Å². The number of aliphatic hydroxyl groups excluding tert-OH is 1. The van der Waals surface area contributed by atoms with Crippen LogP contribution in [0.15, 0.2) is 72.8 Å². The number of nitrogens with one attached hydrogen (secondary N) is 1.